The zero-order chi connectivity index (χ0) is 19.8. The molecule has 3 rings (SSSR count). The normalized spacial score (nSPS) is 10.6. The molecule has 0 unspecified atom stereocenters. The van der Waals surface area contributed by atoms with Crippen LogP contribution in [0.25, 0.3) is 0 Å². The molecule has 2 N–H and O–H groups in total. The van der Waals surface area contributed by atoms with E-state index in [9.17, 15) is 9.90 Å². The van der Waals surface area contributed by atoms with Gasteiger partial charge in [0.25, 0.3) is 5.91 Å². The van der Waals surface area contributed by atoms with Crippen molar-refractivity contribution < 1.29 is 19.4 Å². The van der Waals surface area contributed by atoms with Crippen LogP contribution in [0.3, 0.4) is 0 Å². The van der Waals surface area contributed by atoms with Gasteiger partial charge in [-0.15, -0.1) is 0 Å². The molecule has 0 aliphatic heterocycles. The second-order valence-corrected chi connectivity index (χ2v) is 5.87. The van der Waals surface area contributed by atoms with E-state index in [0.717, 1.165) is 5.56 Å². The van der Waals surface area contributed by atoms with Crippen LogP contribution in [0.5, 0.6) is 17.2 Å². The summed E-state index contributed by atoms with van der Waals surface area (Å²) in [5.74, 6) is 0.329. The molecule has 6 nitrogen and oxygen atoms in total. The lowest BCUT2D eigenvalue weighted by molar-refractivity contribution is 0.0950. The summed E-state index contributed by atoms with van der Waals surface area (Å²) in [6, 6.07) is 21.6. The number of carbonyl (C=O) groups excluding carboxylic acids is 1. The van der Waals surface area contributed by atoms with Gasteiger partial charge in [0, 0.05) is 5.56 Å². The van der Waals surface area contributed by atoms with Crippen molar-refractivity contribution in [3.8, 4) is 17.2 Å². The molecule has 0 spiro atoms. The van der Waals surface area contributed by atoms with Gasteiger partial charge in [0.05, 0.1) is 18.9 Å². The van der Waals surface area contributed by atoms with Crippen molar-refractivity contribution in [3.63, 3.8) is 0 Å². The number of nitrogens with one attached hydrogen (secondary N) is 1. The summed E-state index contributed by atoms with van der Waals surface area (Å²) in [5, 5.41) is 14.0. The van der Waals surface area contributed by atoms with E-state index in [2.05, 4.69) is 10.5 Å². The number of aromatic hydroxyl groups is 1. The maximum Gasteiger partial charge on any atom is 0.275 e. The smallest absolute Gasteiger partial charge is 0.275 e. The highest BCUT2D eigenvalue weighted by Gasteiger charge is 2.12. The summed E-state index contributed by atoms with van der Waals surface area (Å²) < 4.78 is 10.8. The minimum atomic E-state index is -0.415. The maximum atomic E-state index is 12.5. The number of hydrogen-bond donors (Lipinski definition) is 2. The maximum absolute atomic E-state index is 12.5. The minimum absolute atomic E-state index is 0.0467. The van der Waals surface area contributed by atoms with Crippen molar-refractivity contribution in [1.29, 1.82) is 0 Å². The number of ether oxygens (including phenoxy) is 2. The van der Waals surface area contributed by atoms with Crippen LogP contribution in [0, 0.1) is 0 Å². The summed E-state index contributed by atoms with van der Waals surface area (Å²) >= 11 is 0. The first-order valence-corrected chi connectivity index (χ1v) is 8.64. The molecule has 0 aliphatic rings. The van der Waals surface area contributed by atoms with E-state index in [1.807, 2.05) is 30.3 Å². The molecule has 0 aliphatic carbocycles. The van der Waals surface area contributed by atoms with Crippen molar-refractivity contribution >= 4 is 12.1 Å². The molecule has 0 atom stereocenters. The Kier molecular flexibility index (Phi) is 6.25. The number of rotatable bonds is 7. The van der Waals surface area contributed by atoms with Crippen molar-refractivity contribution in [2.45, 2.75) is 6.61 Å². The topological polar surface area (TPSA) is 80.2 Å². The van der Waals surface area contributed by atoms with Gasteiger partial charge in [0.2, 0.25) is 0 Å². The van der Waals surface area contributed by atoms with Gasteiger partial charge < -0.3 is 14.6 Å². The highest BCUT2D eigenvalue weighted by Crippen LogP contribution is 2.28. The first kappa shape index (κ1) is 19.0. The third kappa shape index (κ3) is 4.67. The number of phenolic OH excluding ortho intramolecular Hbond substituents is 1. The summed E-state index contributed by atoms with van der Waals surface area (Å²) in [6.45, 7) is 0.353. The van der Waals surface area contributed by atoms with Crippen LogP contribution in [-0.2, 0) is 6.61 Å². The third-order valence-electron chi connectivity index (χ3n) is 3.99. The summed E-state index contributed by atoms with van der Waals surface area (Å²) in [4.78, 5) is 12.5. The molecular weight excluding hydrogens is 356 g/mol. The Bertz CT molecular complexity index is 971. The highest BCUT2D eigenvalue weighted by molar-refractivity contribution is 5.97. The van der Waals surface area contributed by atoms with Gasteiger partial charge in [-0.2, -0.15) is 5.10 Å². The average molecular weight is 376 g/mol. The summed E-state index contributed by atoms with van der Waals surface area (Å²) in [6.07, 6.45) is 1.35. The number of hydrazone groups is 1. The third-order valence-corrected chi connectivity index (χ3v) is 3.99. The Balaban J connectivity index is 1.68. The molecule has 3 aromatic rings. The Labute approximate surface area is 163 Å². The second-order valence-electron chi connectivity index (χ2n) is 5.87. The van der Waals surface area contributed by atoms with Gasteiger partial charge >= 0.3 is 0 Å². The fraction of sp³-hybridized carbons (Fsp3) is 0.0909. The Morgan fingerprint density at radius 2 is 1.71 bits per heavy atom. The van der Waals surface area contributed by atoms with Crippen LogP contribution in [0.1, 0.15) is 21.5 Å². The Hall–Kier alpha value is -3.80. The van der Waals surface area contributed by atoms with Crippen LogP contribution >= 0.6 is 0 Å². The van der Waals surface area contributed by atoms with E-state index >= 15 is 0 Å². The summed E-state index contributed by atoms with van der Waals surface area (Å²) in [5.41, 5.74) is 4.24. The molecule has 142 valence electrons. The summed E-state index contributed by atoms with van der Waals surface area (Å²) in [7, 11) is 1.46. The van der Waals surface area contributed by atoms with Gasteiger partial charge in [-0.1, -0.05) is 48.5 Å². The van der Waals surface area contributed by atoms with E-state index in [1.54, 1.807) is 42.5 Å². The molecular formula is C22H20N2O4. The number of phenols is 1. The lowest BCUT2D eigenvalue weighted by atomic mass is 10.2. The highest BCUT2D eigenvalue weighted by atomic mass is 16.5. The van der Waals surface area contributed by atoms with Gasteiger partial charge in [-0.3, -0.25) is 4.79 Å². The van der Waals surface area contributed by atoms with Crippen molar-refractivity contribution in [1.82, 2.24) is 5.43 Å². The van der Waals surface area contributed by atoms with Crippen molar-refractivity contribution in [2.75, 3.05) is 7.11 Å². The monoisotopic (exact) mass is 376 g/mol. The fourth-order valence-corrected chi connectivity index (χ4v) is 2.54. The standard InChI is InChI=1S/C22H20N2O4/c1-27-20-13-7-10-17(21(20)25)14-23-24-22(26)18-11-5-6-12-19(18)28-15-16-8-3-2-4-9-16/h2-14,25H,15H2,1H3,(H,24,26)/b23-14+. The molecule has 6 heteroatoms. The zero-order valence-electron chi connectivity index (χ0n) is 15.3. The van der Waals surface area contributed by atoms with Crippen LogP contribution in [0.4, 0.5) is 0 Å². The molecule has 28 heavy (non-hydrogen) atoms. The fourth-order valence-electron chi connectivity index (χ4n) is 2.54. The number of para-hydroxylation sites is 2. The van der Waals surface area contributed by atoms with Crippen LogP contribution in [0.15, 0.2) is 77.9 Å². The van der Waals surface area contributed by atoms with E-state index in [0.29, 0.717) is 29.2 Å². The number of nitrogens with zero attached hydrogens (tertiary/aromatic N) is 1. The predicted octanol–water partition coefficient (Wildman–Crippen LogP) is 3.74. The second kappa shape index (κ2) is 9.23. The Morgan fingerprint density at radius 1 is 1.00 bits per heavy atom. The Morgan fingerprint density at radius 3 is 2.50 bits per heavy atom. The molecule has 0 saturated carbocycles. The molecule has 3 aromatic carbocycles. The van der Waals surface area contributed by atoms with Crippen molar-refractivity contribution in [2.24, 2.45) is 5.10 Å². The van der Waals surface area contributed by atoms with Gasteiger partial charge in [-0.05, 0) is 29.8 Å². The molecule has 0 heterocycles. The lowest BCUT2D eigenvalue weighted by Crippen LogP contribution is -2.18. The quantitative estimate of drug-likeness (QED) is 0.486. The molecule has 0 saturated heterocycles. The van der Waals surface area contributed by atoms with E-state index < -0.39 is 5.91 Å². The van der Waals surface area contributed by atoms with E-state index in [1.165, 1.54) is 13.3 Å². The molecule has 0 bridgehead atoms. The molecule has 0 aromatic heterocycles. The van der Waals surface area contributed by atoms with Crippen LogP contribution in [-0.4, -0.2) is 24.3 Å². The molecule has 1 amide bonds. The molecule has 0 radical (unpaired) electrons. The lowest BCUT2D eigenvalue weighted by Gasteiger charge is -2.10. The van der Waals surface area contributed by atoms with E-state index in [4.69, 9.17) is 9.47 Å². The van der Waals surface area contributed by atoms with Gasteiger partial charge in [0.1, 0.15) is 12.4 Å². The number of carbonyl (C=O) groups is 1. The van der Waals surface area contributed by atoms with E-state index in [-0.39, 0.29) is 5.75 Å². The van der Waals surface area contributed by atoms with Crippen molar-refractivity contribution in [3.05, 3.63) is 89.5 Å². The number of amides is 1. The van der Waals surface area contributed by atoms with Gasteiger partial charge in [0.15, 0.2) is 11.5 Å². The first-order valence-electron chi connectivity index (χ1n) is 8.64. The number of methoxy groups -OCH3 is 1. The molecule has 0 fully saturated rings. The average Bonchev–Trinajstić information content (AvgIpc) is 2.74. The van der Waals surface area contributed by atoms with Crippen LogP contribution < -0.4 is 14.9 Å². The number of benzene rings is 3. The first-order chi connectivity index (χ1) is 13.7. The van der Waals surface area contributed by atoms with Gasteiger partial charge in [-0.25, -0.2) is 5.43 Å². The number of hydrogen-bond acceptors (Lipinski definition) is 5. The SMILES string of the molecule is COc1cccc(/C=N/NC(=O)c2ccccc2OCc2ccccc2)c1O. The van der Waals surface area contributed by atoms with Crippen LogP contribution in [0.2, 0.25) is 0 Å². The predicted molar refractivity (Wildman–Crippen MR) is 107 cm³/mol. The minimum Gasteiger partial charge on any atom is -0.504 e. The largest absolute Gasteiger partial charge is 0.504 e. The zero-order valence-corrected chi connectivity index (χ0v) is 15.3.